The fraction of sp³-hybridized carbons (Fsp3) is 0.292. The van der Waals surface area contributed by atoms with Crippen molar-refractivity contribution in [1.82, 2.24) is 30.0 Å². The zero-order valence-corrected chi connectivity index (χ0v) is 19.1. The molecule has 0 fully saturated rings. The number of pyridine rings is 1. The van der Waals surface area contributed by atoms with Gasteiger partial charge in [0.25, 0.3) is 11.8 Å². The van der Waals surface area contributed by atoms with E-state index in [1.807, 2.05) is 58.0 Å². The van der Waals surface area contributed by atoms with Gasteiger partial charge in [0.15, 0.2) is 5.82 Å². The fourth-order valence-corrected chi connectivity index (χ4v) is 3.12. The molecule has 9 heteroatoms. The summed E-state index contributed by atoms with van der Waals surface area (Å²) in [6.45, 7) is 8.88. The lowest BCUT2D eigenvalue weighted by molar-refractivity contribution is 0.0946. The number of carbonyl (C=O) groups excluding carboxylic acids is 1. The third-order valence-corrected chi connectivity index (χ3v) is 4.88. The van der Waals surface area contributed by atoms with Gasteiger partial charge < -0.3 is 14.6 Å². The number of carbonyl (C=O) groups is 1. The Hall–Kier alpha value is -4.01. The normalized spacial score (nSPS) is 11.4. The van der Waals surface area contributed by atoms with Crippen molar-refractivity contribution in [2.45, 2.75) is 39.7 Å². The zero-order valence-electron chi connectivity index (χ0n) is 19.1. The largest absolute Gasteiger partial charge is 0.494 e. The second-order valence-corrected chi connectivity index (χ2v) is 8.47. The Morgan fingerprint density at radius 1 is 1.18 bits per heavy atom. The lowest BCUT2D eigenvalue weighted by atomic mass is 9.96. The van der Waals surface area contributed by atoms with E-state index in [4.69, 9.17) is 9.26 Å². The molecule has 3 aromatic heterocycles. The number of hydrogen-bond acceptors (Lipinski definition) is 7. The number of nitrogens with one attached hydrogen (secondary N) is 1. The first-order valence-electron chi connectivity index (χ1n) is 10.7. The molecule has 0 aliphatic rings. The highest BCUT2D eigenvalue weighted by molar-refractivity contribution is 5.92. The molecule has 0 unspecified atom stereocenters. The van der Waals surface area contributed by atoms with E-state index < -0.39 is 0 Å². The first-order valence-corrected chi connectivity index (χ1v) is 10.7. The molecule has 0 spiro atoms. The van der Waals surface area contributed by atoms with Crippen LogP contribution in [0.4, 0.5) is 0 Å². The zero-order chi connectivity index (χ0) is 23.4. The molecule has 0 radical (unpaired) electrons. The number of amides is 1. The highest BCUT2D eigenvalue weighted by atomic mass is 16.5. The van der Waals surface area contributed by atoms with Crippen molar-refractivity contribution in [3.63, 3.8) is 0 Å². The van der Waals surface area contributed by atoms with Crippen LogP contribution in [0.15, 0.2) is 59.6 Å². The lowest BCUT2D eigenvalue weighted by Crippen LogP contribution is -2.23. The molecule has 0 aliphatic heterocycles. The van der Waals surface area contributed by atoms with Crippen LogP contribution in [-0.2, 0) is 12.0 Å². The third-order valence-electron chi connectivity index (χ3n) is 4.88. The van der Waals surface area contributed by atoms with Crippen molar-refractivity contribution in [1.29, 1.82) is 0 Å². The Bertz CT molecular complexity index is 1250. The summed E-state index contributed by atoms with van der Waals surface area (Å²) in [6.07, 6.45) is 4.82. The molecular formula is C24H26N6O3. The number of ether oxygens (including phenoxy) is 1. The first-order chi connectivity index (χ1) is 15.8. The molecule has 0 bridgehead atoms. The molecule has 4 aromatic rings. The molecular weight excluding hydrogens is 420 g/mol. The molecule has 33 heavy (non-hydrogen) atoms. The molecule has 3 heterocycles. The maximum Gasteiger partial charge on any atom is 0.271 e. The maximum atomic E-state index is 12.6. The van der Waals surface area contributed by atoms with Crippen LogP contribution in [-0.4, -0.2) is 37.2 Å². The van der Waals surface area contributed by atoms with Gasteiger partial charge in [0, 0.05) is 35.5 Å². The Kier molecular flexibility index (Phi) is 6.21. The minimum atomic E-state index is -0.289. The van der Waals surface area contributed by atoms with E-state index in [1.165, 1.54) is 0 Å². The van der Waals surface area contributed by atoms with Gasteiger partial charge in [-0.25, -0.2) is 9.97 Å². The summed E-state index contributed by atoms with van der Waals surface area (Å²) in [6, 6.07) is 11.2. The highest BCUT2D eigenvalue weighted by Crippen LogP contribution is 2.24. The van der Waals surface area contributed by atoms with Gasteiger partial charge in [-0.05, 0) is 25.1 Å². The van der Waals surface area contributed by atoms with E-state index in [2.05, 4.69) is 25.4 Å². The quantitative estimate of drug-likeness (QED) is 0.458. The van der Waals surface area contributed by atoms with Crippen molar-refractivity contribution < 1.29 is 14.1 Å². The predicted molar refractivity (Wildman–Crippen MR) is 122 cm³/mol. The predicted octanol–water partition coefficient (Wildman–Crippen LogP) is 3.94. The molecule has 0 atom stereocenters. The van der Waals surface area contributed by atoms with E-state index in [9.17, 15) is 4.79 Å². The van der Waals surface area contributed by atoms with Crippen LogP contribution in [0.2, 0.25) is 0 Å². The Morgan fingerprint density at radius 3 is 2.76 bits per heavy atom. The molecule has 0 saturated heterocycles. The number of hydrogen-bond donors (Lipinski definition) is 1. The van der Waals surface area contributed by atoms with Crippen LogP contribution < -0.4 is 10.1 Å². The van der Waals surface area contributed by atoms with Crippen LogP contribution in [0.1, 0.15) is 49.6 Å². The number of aromatic nitrogens is 5. The van der Waals surface area contributed by atoms with Gasteiger partial charge >= 0.3 is 0 Å². The van der Waals surface area contributed by atoms with Crippen molar-refractivity contribution in [2.75, 3.05) is 6.61 Å². The van der Waals surface area contributed by atoms with E-state index in [0.29, 0.717) is 30.7 Å². The van der Waals surface area contributed by atoms with E-state index in [1.54, 1.807) is 29.4 Å². The van der Waals surface area contributed by atoms with Gasteiger partial charge in [-0.15, -0.1) is 0 Å². The summed E-state index contributed by atoms with van der Waals surface area (Å²) in [5.74, 6) is 2.08. The van der Waals surface area contributed by atoms with Gasteiger partial charge in [0.2, 0.25) is 0 Å². The number of imidazole rings is 1. The van der Waals surface area contributed by atoms with Crippen LogP contribution in [0.25, 0.3) is 17.3 Å². The second-order valence-electron chi connectivity index (χ2n) is 8.47. The summed E-state index contributed by atoms with van der Waals surface area (Å²) < 4.78 is 12.7. The Balaban J connectivity index is 1.48. The van der Waals surface area contributed by atoms with Crippen molar-refractivity contribution in [2.24, 2.45) is 0 Å². The maximum absolute atomic E-state index is 12.6. The second kappa shape index (κ2) is 9.23. The average Bonchev–Trinajstić information content (AvgIpc) is 3.49. The van der Waals surface area contributed by atoms with Gasteiger partial charge in [-0.1, -0.05) is 44.1 Å². The van der Waals surface area contributed by atoms with Crippen molar-refractivity contribution in [3.05, 3.63) is 72.2 Å². The number of rotatable bonds is 7. The summed E-state index contributed by atoms with van der Waals surface area (Å²) in [5, 5.41) is 6.95. The topological polar surface area (TPSA) is 108 Å². The molecule has 1 N–H and O–H groups in total. The van der Waals surface area contributed by atoms with Crippen molar-refractivity contribution in [3.8, 4) is 23.0 Å². The highest BCUT2D eigenvalue weighted by Gasteiger charge is 2.22. The minimum absolute atomic E-state index is 0.215. The number of benzene rings is 1. The fourth-order valence-electron chi connectivity index (χ4n) is 3.12. The van der Waals surface area contributed by atoms with Crippen molar-refractivity contribution >= 4 is 5.91 Å². The van der Waals surface area contributed by atoms with E-state index in [-0.39, 0.29) is 17.0 Å². The summed E-state index contributed by atoms with van der Waals surface area (Å²) in [7, 11) is 0. The van der Waals surface area contributed by atoms with E-state index in [0.717, 1.165) is 16.9 Å². The van der Waals surface area contributed by atoms with E-state index >= 15 is 0 Å². The van der Waals surface area contributed by atoms with Crippen LogP contribution in [0.5, 0.6) is 5.75 Å². The molecule has 1 aromatic carbocycles. The first kappa shape index (κ1) is 22.2. The molecule has 9 nitrogen and oxygen atoms in total. The van der Waals surface area contributed by atoms with Crippen LogP contribution in [0, 0.1) is 0 Å². The Labute approximate surface area is 191 Å². The summed E-state index contributed by atoms with van der Waals surface area (Å²) >= 11 is 0. The Morgan fingerprint density at radius 2 is 2.00 bits per heavy atom. The SMILES string of the molecule is CCOc1ccccc1CNC(=O)c1cn(-c2cc(-c3nc(C(C)(C)C)no3)ccn2)cn1. The van der Waals surface area contributed by atoms with Crippen LogP contribution >= 0.6 is 0 Å². The molecule has 0 saturated carbocycles. The minimum Gasteiger partial charge on any atom is -0.494 e. The molecule has 4 rings (SSSR count). The smallest absolute Gasteiger partial charge is 0.271 e. The standard InChI is InChI=1S/C24H26N6O3/c1-5-32-19-9-7-6-8-17(19)13-26-21(31)18-14-30(15-27-18)20-12-16(10-11-25-20)22-28-23(29-33-22)24(2,3)4/h6-12,14-15H,5,13H2,1-4H3,(H,26,31). The number of nitrogens with zero attached hydrogens (tertiary/aromatic N) is 5. The monoisotopic (exact) mass is 446 g/mol. The molecule has 1 amide bonds. The van der Waals surface area contributed by atoms with Gasteiger partial charge in [-0.3, -0.25) is 9.36 Å². The molecule has 0 aliphatic carbocycles. The average molecular weight is 447 g/mol. The van der Waals surface area contributed by atoms with Gasteiger partial charge in [-0.2, -0.15) is 4.98 Å². The molecule has 170 valence electrons. The number of para-hydroxylation sites is 1. The van der Waals surface area contributed by atoms with Gasteiger partial charge in [0.1, 0.15) is 23.6 Å². The van der Waals surface area contributed by atoms with Crippen LogP contribution in [0.3, 0.4) is 0 Å². The summed E-state index contributed by atoms with van der Waals surface area (Å²) in [4.78, 5) is 25.7. The lowest BCUT2D eigenvalue weighted by Gasteiger charge is -2.10. The van der Waals surface area contributed by atoms with Gasteiger partial charge in [0.05, 0.1) is 6.61 Å². The summed E-state index contributed by atoms with van der Waals surface area (Å²) in [5.41, 5.74) is 1.70. The third kappa shape index (κ3) is 5.08.